The van der Waals surface area contributed by atoms with Gasteiger partial charge in [0.25, 0.3) is 5.91 Å². The average molecular weight is 375 g/mol. The molecule has 0 aliphatic carbocycles. The molecule has 0 spiro atoms. The Balaban J connectivity index is 1.53. The molecule has 1 saturated heterocycles. The van der Waals surface area contributed by atoms with Crippen LogP contribution in [0.1, 0.15) is 47.3 Å². The second-order valence-electron chi connectivity index (χ2n) is 6.91. The summed E-state index contributed by atoms with van der Waals surface area (Å²) in [6.07, 6.45) is 4.89. The van der Waals surface area contributed by atoms with Crippen molar-refractivity contribution in [1.82, 2.24) is 20.0 Å². The maximum atomic E-state index is 12.5. The van der Waals surface area contributed by atoms with E-state index in [2.05, 4.69) is 15.3 Å². The Labute approximate surface area is 160 Å². The molecule has 2 heterocycles. The maximum absolute atomic E-state index is 12.5. The number of likely N-dealkylation sites (tertiary alicyclic amines) is 1. The molecule has 0 unspecified atom stereocenters. The van der Waals surface area contributed by atoms with Crippen LogP contribution in [0.25, 0.3) is 0 Å². The van der Waals surface area contributed by atoms with Crippen molar-refractivity contribution in [3.63, 3.8) is 0 Å². The third kappa shape index (κ3) is 4.86. The third-order valence-corrected chi connectivity index (χ3v) is 5.24. The lowest BCUT2D eigenvalue weighted by Crippen LogP contribution is -2.33. The van der Waals surface area contributed by atoms with Crippen molar-refractivity contribution in [3.8, 4) is 0 Å². The fourth-order valence-electron chi connectivity index (χ4n) is 3.45. The van der Waals surface area contributed by atoms with Gasteiger partial charge in [0.1, 0.15) is 5.15 Å². The molecule has 140 valence electrons. The zero-order chi connectivity index (χ0) is 18.4. The summed E-state index contributed by atoms with van der Waals surface area (Å²) in [6, 6.07) is 9.98. The number of nitrogens with zero attached hydrogens (tertiary/aromatic N) is 3. The number of halogens is 1. The Morgan fingerprint density at radius 3 is 2.65 bits per heavy atom. The molecule has 1 aromatic heterocycles. The van der Waals surface area contributed by atoms with Gasteiger partial charge in [-0.05, 0) is 51.4 Å². The first-order valence-electron chi connectivity index (χ1n) is 9.42. The van der Waals surface area contributed by atoms with Gasteiger partial charge in [-0.1, -0.05) is 48.4 Å². The Morgan fingerprint density at radius 2 is 1.92 bits per heavy atom. The van der Waals surface area contributed by atoms with Crippen LogP contribution in [0.5, 0.6) is 0 Å². The molecule has 0 bridgehead atoms. The summed E-state index contributed by atoms with van der Waals surface area (Å²) in [5, 5.41) is 7.84. The minimum Gasteiger partial charge on any atom is -0.352 e. The number of hydrogen-bond acceptors (Lipinski definition) is 3. The van der Waals surface area contributed by atoms with E-state index < -0.39 is 0 Å². The number of aromatic nitrogens is 2. The fourth-order valence-corrected chi connectivity index (χ4v) is 3.77. The second kappa shape index (κ2) is 9.19. The first kappa shape index (κ1) is 18.9. The highest BCUT2D eigenvalue weighted by Gasteiger charge is 2.20. The van der Waals surface area contributed by atoms with Gasteiger partial charge in [-0.3, -0.25) is 4.79 Å². The monoisotopic (exact) mass is 374 g/mol. The molecule has 6 heteroatoms. The van der Waals surface area contributed by atoms with Crippen LogP contribution >= 0.6 is 11.6 Å². The van der Waals surface area contributed by atoms with Gasteiger partial charge in [-0.15, -0.1) is 0 Å². The molecule has 1 aliphatic heterocycles. The van der Waals surface area contributed by atoms with Crippen molar-refractivity contribution < 1.29 is 4.79 Å². The molecule has 0 atom stereocenters. The Morgan fingerprint density at radius 1 is 1.19 bits per heavy atom. The number of piperidine rings is 1. The molecule has 1 aliphatic rings. The van der Waals surface area contributed by atoms with Crippen molar-refractivity contribution in [2.75, 3.05) is 26.2 Å². The number of carbonyl (C=O) groups is 1. The highest BCUT2D eigenvalue weighted by Crippen LogP contribution is 2.21. The normalized spacial score (nSPS) is 15.2. The SMILES string of the molecule is Cc1nn(Cc2ccccc2)c(Cl)c1C(=O)NCCCN1CCCCC1. The predicted molar refractivity (Wildman–Crippen MR) is 105 cm³/mol. The number of hydrogen-bond donors (Lipinski definition) is 1. The van der Waals surface area contributed by atoms with Crippen molar-refractivity contribution in [2.45, 2.75) is 39.2 Å². The van der Waals surface area contributed by atoms with Crippen LogP contribution in [-0.4, -0.2) is 46.8 Å². The van der Waals surface area contributed by atoms with E-state index >= 15 is 0 Å². The summed E-state index contributed by atoms with van der Waals surface area (Å²) in [6.45, 7) is 6.46. The van der Waals surface area contributed by atoms with E-state index in [1.807, 2.05) is 37.3 Å². The maximum Gasteiger partial charge on any atom is 0.256 e. The Hall–Kier alpha value is -1.85. The van der Waals surface area contributed by atoms with E-state index in [1.54, 1.807) is 4.68 Å². The van der Waals surface area contributed by atoms with Crippen molar-refractivity contribution >= 4 is 17.5 Å². The van der Waals surface area contributed by atoms with Gasteiger partial charge in [0.2, 0.25) is 0 Å². The van der Waals surface area contributed by atoms with Crippen molar-refractivity contribution in [3.05, 3.63) is 52.3 Å². The summed E-state index contributed by atoms with van der Waals surface area (Å²) in [5.74, 6) is -0.134. The highest BCUT2D eigenvalue weighted by atomic mass is 35.5. The van der Waals surface area contributed by atoms with E-state index in [9.17, 15) is 4.79 Å². The number of carbonyl (C=O) groups excluding carboxylic acids is 1. The minimum atomic E-state index is -0.134. The topological polar surface area (TPSA) is 50.2 Å². The van der Waals surface area contributed by atoms with Crippen LogP contribution in [0.2, 0.25) is 5.15 Å². The highest BCUT2D eigenvalue weighted by molar-refractivity contribution is 6.33. The molecule has 1 fully saturated rings. The van der Waals surface area contributed by atoms with Gasteiger partial charge in [0, 0.05) is 6.54 Å². The average Bonchev–Trinajstić information content (AvgIpc) is 2.94. The summed E-state index contributed by atoms with van der Waals surface area (Å²) in [5.41, 5.74) is 2.26. The molecule has 1 aromatic carbocycles. The van der Waals surface area contributed by atoms with Gasteiger partial charge in [-0.25, -0.2) is 4.68 Å². The molecular weight excluding hydrogens is 348 g/mol. The lowest BCUT2D eigenvalue weighted by atomic mass is 10.1. The molecule has 2 aromatic rings. The molecule has 0 saturated carbocycles. The number of benzene rings is 1. The first-order chi connectivity index (χ1) is 12.6. The quantitative estimate of drug-likeness (QED) is 0.754. The second-order valence-corrected chi connectivity index (χ2v) is 7.26. The third-order valence-electron chi connectivity index (χ3n) is 4.85. The summed E-state index contributed by atoms with van der Waals surface area (Å²) < 4.78 is 1.69. The zero-order valence-corrected chi connectivity index (χ0v) is 16.1. The molecule has 5 nitrogen and oxygen atoms in total. The van der Waals surface area contributed by atoms with Crippen LogP contribution in [0.15, 0.2) is 30.3 Å². The fraction of sp³-hybridized carbons (Fsp3) is 0.500. The number of amides is 1. The number of rotatable bonds is 7. The van der Waals surface area contributed by atoms with Crippen molar-refractivity contribution in [1.29, 1.82) is 0 Å². The molecule has 3 rings (SSSR count). The van der Waals surface area contributed by atoms with Crippen LogP contribution in [-0.2, 0) is 6.54 Å². The van der Waals surface area contributed by atoms with Crippen molar-refractivity contribution in [2.24, 2.45) is 0 Å². The van der Waals surface area contributed by atoms with Gasteiger partial charge >= 0.3 is 0 Å². The summed E-state index contributed by atoms with van der Waals surface area (Å²) in [7, 11) is 0. The predicted octanol–water partition coefficient (Wildman–Crippen LogP) is 3.50. The van der Waals surface area contributed by atoms with Crippen LogP contribution < -0.4 is 5.32 Å². The molecule has 1 N–H and O–H groups in total. The van der Waals surface area contributed by atoms with Crippen LogP contribution in [0, 0.1) is 6.92 Å². The minimum absolute atomic E-state index is 0.134. The Bertz CT molecular complexity index is 723. The lowest BCUT2D eigenvalue weighted by Gasteiger charge is -2.26. The number of aryl methyl sites for hydroxylation is 1. The van der Waals surface area contributed by atoms with Gasteiger partial charge in [-0.2, -0.15) is 5.10 Å². The van der Waals surface area contributed by atoms with Gasteiger partial charge in [0.15, 0.2) is 0 Å². The molecule has 1 amide bonds. The first-order valence-corrected chi connectivity index (χ1v) is 9.80. The lowest BCUT2D eigenvalue weighted by molar-refractivity contribution is 0.0950. The summed E-state index contributed by atoms with van der Waals surface area (Å²) in [4.78, 5) is 15.0. The largest absolute Gasteiger partial charge is 0.352 e. The van der Waals surface area contributed by atoms with Crippen LogP contribution in [0.3, 0.4) is 0 Å². The van der Waals surface area contributed by atoms with E-state index in [-0.39, 0.29) is 5.91 Å². The van der Waals surface area contributed by atoms with Crippen LogP contribution in [0.4, 0.5) is 0 Å². The van der Waals surface area contributed by atoms with E-state index in [1.165, 1.54) is 32.4 Å². The van der Waals surface area contributed by atoms with Gasteiger partial charge in [0.05, 0.1) is 17.8 Å². The van der Waals surface area contributed by atoms with E-state index in [4.69, 9.17) is 11.6 Å². The smallest absolute Gasteiger partial charge is 0.256 e. The molecular formula is C20H27ClN4O. The zero-order valence-electron chi connectivity index (χ0n) is 15.4. The van der Waals surface area contributed by atoms with Gasteiger partial charge < -0.3 is 10.2 Å². The number of nitrogens with one attached hydrogen (secondary N) is 1. The standard InChI is InChI=1S/C20H27ClN4O/c1-16-18(19(21)25(23-16)15-17-9-4-2-5-10-17)20(26)22-11-8-14-24-12-6-3-7-13-24/h2,4-5,9-10H,3,6-8,11-15H2,1H3,(H,22,26). The van der Waals surface area contributed by atoms with E-state index in [0.29, 0.717) is 29.5 Å². The molecule has 26 heavy (non-hydrogen) atoms. The Kier molecular flexibility index (Phi) is 6.69. The van der Waals surface area contributed by atoms with E-state index in [0.717, 1.165) is 18.5 Å². The summed E-state index contributed by atoms with van der Waals surface area (Å²) >= 11 is 6.44. The molecule has 0 radical (unpaired) electrons.